The lowest BCUT2D eigenvalue weighted by atomic mass is 9.85. The second-order valence-corrected chi connectivity index (χ2v) is 19.0. The Labute approximate surface area is 398 Å². The van der Waals surface area contributed by atoms with Crippen molar-refractivity contribution in [3.63, 3.8) is 0 Å². The molecule has 0 heterocycles. The Morgan fingerprint density at radius 3 is 1.33 bits per heavy atom. The minimum Gasteiger partial charge on any atom is -0.462 e. The fourth-order valence-corrected chi connectivity index (χ4v) is 8.48. The number of rotatable bonds is 42. The van der Waals surface area contributed by atoms with E-state index in [0.29, 0.717) is 12.8 Å². The third-order valence-electron chi connectivity index (χ3n) is 11.6. The highest BCUT2D eigenvalue weighted by atomic mass is 31.2. The minimum absolute atomic E-state index is 0.0835. The highest BCUT2D eigenvalue weighted by Crippen LogP contribution is 2.47. The summed E-state index contributed by atoms with van der Waals surface area (Å²) < 4.78 is 33.6. The maximum absolute atomic E-state index is 12.8. The maximum Gasteiger partial charge on any atom is 0.472 e. The third-order valence-corrected chi connectivity index (χ3v) is 12.6. The van der Waals surface area contributed by atoms with Crippen molar-refractivity contribution in [3.05, 3.63) is 60.8 Å². The number of phosphoric ester groups is 1. The Balaban J connectivity index is 2.41. The monoisotopic (exact) mass is 955 g/mol. The molecule has 0 radical (unpaired) electrons. The van der Waals surface area contributed by atoms with Gasteiger partial charge in [-0.3, -0.25) is 18.6 Å². The van der Waals surface area contributed by atoms with Crippen molar-refractivity contribution >= 4 is 19.8 Å². The number of ether oxygens (including phenoxy) is 2. The number of hydrogen-bond donors (Lipinski definition) is 6. The standard InChI is InChI=1S/C52H91O13P/c1-3-5-7-9-11-13-15-17-19-21-22-23-24-25-27-29-31-33-35-37-39-41-46(54)64-44(43-63-66(60,61)65-52-50(58)48(56)47(55)49(57)51(52)59)42-62-45(53)40-38-36-34-32-30-28-26-20-18-16-14-12-10-8-6-4-2/h5,7,11,13,17,19-20,22-23,26,44,47-52,55-59H,3-4,6,8-10,12,14-16,18,21,24-25,27-43H2,1-2H3,(H,60,61)/b7-5-,13-11-,19-17-,23-22-,26-20-. The summed E-state index contributed by atoms with van der Waals surface area (Å²) in [6.07, 6.45) is 38.3. The largest absolute Gasteiger partial charge is 0.472 e. The van der Waals surface area contributed by atoms with Crippen LogP contribution in [0.1, 0.15) is 200 Å². The van der Waals surface area contributed by atoms with Crippen LogP contribution >= 0.6 is 7.82 Å². The third kappa shape index (κ3) is 33.1. The van der Waals surface area contributed by atoms with Crippen molar-refractivity contribution in [3.8, 4) is 0 Å². The number of aliphatic hydroxyl groups is 5. The molecule has 0 bridgehead atoms. The van der Waals surface area contributed by atoms with E-state index in [1.807, 2.05) is 0 Å². The summed E-state index contributed by atoms with van der Waals surface area (Å²) in [5.74, 6) is -1.12. The molecule has 0 aromatic heterocycles. The maximum atomic E-state index is 12.8. The van der Waals surface area contributed by atoms with E-state index in [1.165, 1.54) is 51.4 Å². The molecular weight excluding hydrogens is 864 g/mol. The van der Waals surface area contributed by atoms with Crippen LogP contribution in [0.3, 0.4) is 0 Å². The van der Waals surface area contributed by atoms with Crippen molar-refractivity contribution < 1.29 is 63.1 Å². The molecule has 14 heteroatoms. The fourth-order valence-electron chi connectivity index (χ4n) is 7.51. The zero-order valence-electron chi connectivity index (χ0n) is 40.7. The molecule has 0 aromatic rings. The average Bonchev–Trinajstić information content (AvgIpc) is 3.30. The summed E-state index contributed by atoms with van der Waals surface area (Å²) in [5.41, 5.74) is 0. The number of esters is 2. The first-order valence-electron chi connectivity index (χ1n) is 25.6. The quantitative estimate of drug-likeness (QED) is 0.0146. The topological polar surface area (TPSA) is 210 Å². The van der Waals surface area contributed by atoms with Crippen LogP contribution in [0.5, 0.6) is 0 Å². The Morgan fingerprint density at radius 1 is 0.485 bits per heavy atom. The molecule has 6 unspecified atom stereocenters. The van der Waals surface area contributed by atoms with Crippen LogP contribution in [-0.2, 0) is 32.7 Å². The van der Waals surface area contributed by atoms with Gasteiger partial charge < -0.3 is 39.9 Å². The summed E-state index contributed by atoms with van der Waals surface area (Å²) in [7, 11) is -5.13. The second kappa shape index (κ2) is 41.5. The molecule has 66 heavy (non-hydrogen) atoms. The predicted molar refractivity (Wildman–Crippen MR) is 262 cm³/mol. The van der Waals surface area contributed by atoms with Gasteiger partial charge in [0.1, 0.15) is 43.2 Å². The van der Waals surface area contributed by atoms with Gasteiger partial charge in [0.2, 0.25) is 0 Å². The lowest BCUT2D eigenvalue weighted by molar-refractivity contribution is -0.220. The van der Waals surface area contributed by atoms with Crippen LogP contribution in [-0.4, -0.2) is 98.3 Å². The van der Waals surface area contributed by atoms with Gasteiger partial charge in [0.25, 0.3) is 0 Å². The first kappa shape index (κ1) is 61.6. The number of aliphatic hydroxyl groups excluding tert-OH is 5. The van der Waals surface area contributed by atoms with Gasteiger partial charge >= 0.3 is 19.8 Å². The van der Waals surface area contributed by atoms with Crippen LogP contribution < -0.4 is 0 Å². The molecule has 1 aliphatic carbocycles. The molecule has 1 saturated carbocycles. The molecule has 0 aliphatic heterocycles. The lowest BCUT2D eigenvalue weighted by Gasteiger charge is -2.41. The SMILES string of the molecule is CC/C=C\C/C=C\C/C=C\C/C=C\CCCCCCCCCCC(=O)OC(COC(=O)CCCCCCC/C=C\CCCCCCCCC)COP(=O)(O)OC1C(O)C(O)C(O)C(O)C1O. The fraction of sp³-hybridized carbons (Fsp3) is 0.769. The van der Waals surface area contributed by atoms with Gasteiger partial charge in [-0.1, -0.05) is 171 Å². The molecule has 13 nitrogen and oxygen atoms in total. The van der Waals surface area contributed by atoms with E-state index in [2.05, 4.69) is 74.6 Å². The van der Waals surface area contributed by atoms with Gasteiger partial charge in [-0.15, -0.1) is 0 Å². The first-order valence-corrected chi connectivity index (χ1v) is 27.1. The molecule has 1 fully saturated rings. The smallest absolute Gasteiger partial charge is 0.462 e. The molecule has 0 aromatic carbocycles. The molecule has 1 aliphatic rings. The highest BCUT2D eigenvalue weighted by molar-refractivity contribution is 7.47. The zero-order chi connectivity index (χ0) is 48.5. The number of unbranched alkanes of at least 4 members (excludes halogenated alkanes) is 20. The van der Waals surface area contributed by atoms with E-state index in [4.69, 9.17) is 18.5 Å². The molecule has 1 rings (SSSR count). The van der Waals surface area contributed by atoms with Crippen LogP contribution in [0.4, 0.5) is 0 Å². The van der Waals surface area contributed by atoms with Crippen LogP contribution in [0.2, 0.25) is 0 Å². The second-order valence-electron chi connectivity index (χ2n) is 17.6. The van der Waals surface area contributed by atoms with Crippen LogP contribution in [0, 0.1) is 0 Å². The number of hydrogen-bond acceptors (Lipinski definition) is 12. The van der Waals surface area contributed by atoms with E-state index in [0.717, 1.165) is 109 Å². The van der Waals surface area contributed by atoms with Crippen LogP contribution in [0.15, 0.2) is 60.8 Å². The Bertz CT molecular complexity index is 1380. The summed E-state index contributed by atoms with van der Waals surface area (Å²) in [5, 5.41) is 50.3. The Kier molecular flexibility index (Phi) is 38.7. The molecule has 382 valence electrons. The number of allylic oxidation sites excluding steroid dienone is 10. The Hall–Kier alpha value is -2.45. The van der Waals surface area contributed by atoms with Crippen molar-refractivity contribution in [1.82, 2.24) is 0 Å². The van der Waals surface area contributed by atoms with Crippen molar-refractivity contribution in [2.24, 2.45) is 0 Å². The van der Waals surface area contributed by atoms with E-state index in [9.17, 15) is 44.6 Å². The highest BCUT2D eigenvalue weighted by Gasteiger charge is 2.51. The molecule has 0 saturated heterocycles. The van der Waals surface area contributed by atoms with Crippen molar-refractivity contribution in [2.45, 2.75) is 243 Å². The lowest BCUT2D eigenvalue weighted by Crippen LogP contribution is -2.64. The van der Waals surface area contributed by atoms with E-state index < -0.39 is 75.7 Å². The number of phosphoric acid groups is 1. The molecule has 6 atom stereocenters. The summed E-state index contributed by atoms with van der Waals surface area (Å²) in [4.78, 5) is 35.8. The van der Waals surface area contributed by atoms with Gasteiger partial charge in [0.15, 0.2) is 6.10 Å². The van der Waals surface area contributed by atoms with Crippen molar-refractivity contribution in [2.75, 3.05) is 13.2 Å². The summed E-state index contributed by atoms with van der Waals surface area (Å²) in [6.45, 7) is 3.19. The van der Waals surface area contributed by atoms with E-state index in [1.54, 1.807) is 0 Å². The van der Waals surface area contributed by atoms with E-state index in [-0.39, 0.29) is 12.8 Å². The molecule has 0 amide bonds. The predicted octanol–water partition coefficient (Wildman–Crippen LogP) is 10.9. The molecule has 0 spiro atoms. The van der Waals surface area contributed by atoms with Gasteiger partial charge in [0.05, 0.1) is 6.61 Å². The van der Waals surface area contributed by atoms with Gasteiger partial charge in [0, 0.05) is 12.8 Å². The first-order chi connectivity index (χ1) is 31.9. The normalized spacial score (nSPS) is 21.8. The van der Waals surface area contributed by atoms with Crippen molar-refractivity contribution in [1.29, 1.82) is 0 Å². The Morgan fingerprint density at radius 2 is 0.864 bits per heavy atom. The minimum atomic E-state index is -5.13. The van der Waals surface area contributed by atoms with Gasteiger partial charge in [-0.2, -0.15) is 0 Å². The number of carbonyl (C=O) groups is 2. The average molecular weight is 955 g/mol. The van der Waals surface area contributed by atoms with Gasteiger partial charge in [-0.05, 0) is 77.0 Å². The van der Waals surface area contributed by atoms with Gasteiger partial charge in [-0.25, -0.2) is 4.57 Å². The molecule has 6 N–H and O–H groups in total. The summed E-state index contributed by atoms with van der Waals surface area (Å²) >= 11 is 0. The van der Waals surface area contributed by atoms with Crippen LogP contribution in [0.25, 0.3) is 0 Å². The van der Waals surface area contributed by atoms with E-state index >= 15 is 0 Å². The molecular formula is C52H91O13P. The summed E-state index contributed by atoms with van der Waals surface area (Å²) in [6, 6.07) is 0. The zero-order valence-corrected chi connectivity index (χ0v) is 41.6. The number of carbonyl (C=O) groups excluding carboxylic acids is 2.